The monoisotopic (exact) mass is 423 g/mol. The summed E-state index contributed by atoms with van der Waals surface area (Å²) in [5, 5.41) is 10.3. The van der Waals surface area contributed by atoms with Gasteiger partial charge in [0.1, 0.15) is 5.75 Å². The maximum atomic E-state index is 10.3. The molecule has 4 rings (SSSR count). The third kappa shape index (κ3) is 4.79. The van der Waals surface area contributed by atoms with Crippen molar-refractivity contribution in [1.29, 1.82) is 0 Å². The first-order valence-corrected chi connectivity index (χ1v) is 9.41. The Morgan fingerprint density at radius 2 is 1.37 bits per heavy atom. The van der Waals surface area contributed by atoms with E-state index in [0.29, 0.717) is 11.8 Å². The van der Waals surface area contributed by atoms with Gasteiger partial charge in [0.15, 0.2) is 0 Å². The number of phenolic OH excluding ortho intramolecular Hbond substituents is 1. The molecule has 1 aliphatic carbocycles. The quantitative estimate of drug-likeness (QED) is 0.582. The molecule has 3 heteroatoms. The smallest absolute Gasteiger partial charge is 0.119 e. The van der Waals surface area contributed by atoms with Crippen molar-refractivity contribution in [2.24, 2.45) is 0 Å². The van der Waals surface area contributed by atoms with Crippen LogP contribution in [0.3, 0.4) is 0 Å². The van der Waals surface area contributed by atoms with E-state index >= 15 is 0 Å². The van der Waals surface area contributed by atoms with Crippen LogP contribution in [-0.2, 0) is 25.9 Å². The van der Waals surface area contributed by atoms with Crippen LogP contribution < -0.4 is 0 Å². The minimum Gasteiger partial charge on any atom is -0.508 e. The number of halogens is 1. The van der Waals surface area contributed by atoms with Crippen LogP contribution in [-0.4, -0.2) is 16.0 Å². The predicted octanol–water partition coefficient (Wildman–Crippen LogP) is 5.53. The van der Waals surface area contributed by atoms with Crippen molar-refractivity contribution in [2.45, 2.75) is 38.4 Å². The van der Waals surface area contributed by atoms with Gasteiger partial charge >= 0.3 is 0 Å². The van der Waals surface area contributed by atoms with Gasteiger partial charge in [0, 0.05) is 19.1 Å². The first kappa shape index (κ1) is 19.7. The summed E-state index contributed by atoms with van der Waals surface area (Å²) >= 11 is 0. The molecule has 0 bridgehead atoms. The van der Waals surface area contributed by atoms with Gasteiger partial charge in [-0.25, -0.2) is 0 Å². The average molecular weight is 424 g/mol. The molecule has 0 aliphatic heterocycles. The second-order valence-electron chi connectivity index (χ2n) is 7.19. The molecule has 1 atom stereocenters. The summed E-state index contributed by atoms with van der Waals surface area (Å²) in [7, 11) is 0. The van der Waals surface area contributed by atoms with Crippen LogP contribution in [0.5, 0.6) is 5.75 Å². The highest BCUT2D eigenvalue weighted by molar-refractivity contribution is 8.93. The fourth-order valence-corrected chi connectivity index (χ4v) is 4.01. The second-order valence-corrected chi connectivity index (χ2v) is 7.19. The molecule has 0 heterocycles. The lowest BCUT2D eigenvalue weighted by Crippen LogP contribution is -2.38. The van der Waals surface area contributed by atoms with E-state index in [4.69, 9.17) is 0 Å². The minimum atomic E-state index is 0. The van der Waals surface area contributed by atoms with E-state index in [1.54, 1.807) is 0 Å². The molecule has 27 heavy (non-hydrogen) atoms. The van der Waals surface area contributed by atoms with Gasteiger partial charge in [0.25, 0.3) is 0 Å². The van der Waals surface area contributed by atoms with E-state index in [2.05, 4.69) is 71.6 Å². The standard InChI is InChI=1S/C24H25NO.BrH/c26-24-13-7-12-21-14-15-22(16-23(21)24)25(17-19-8-3-1-4-9-19)18-20-10-5-2-6-11-20;/h1-13,22,26H,14-18H2;1H/t22-;/m1./s1. The molecule has 0 spiro atoms. The number of phenols is 1. The predicted molar refractivity (Wildman–Crippen MR) is 116 cm³/mol. The molecule has 0 amide bonds. The highest BCUT2D eigenvalue weighted by Gasteiger charge is 2.26. The molecule has 1 N–H and O–H groups in total. The Morgan fingerprint density at radius 3 is 1.96 bits per heavy atom. The number of hydrogen-bond acceptors (Lipinski definition) is 2. The maximum Gasteiger partial charge on any atom is 0.119 e. The average Bonchev–Trinajstić information content (AvgIpc) is 2.69. The van der Waals surface area contributed by atoms with Crippen LogP contribution in [0.4, 0.5) is 0 Å². The van der Waals surface area contributed by atoms with Gasteiger partial charge in [-0.1, -0.05) is 72.8 Å². The van der Waals surface area contributed by atoms with E-state index < -0.39 is 0 Å². The molecule has 1 aliphatic rings. The zero-order valence-electron chi connectivity index (χ0n) is 15.4. The zero-order valence-corrected chi connectivity index (χ0v) is 17.1. The van der Waals surface area contributed by atoms with Gasteiger partial charge in [-0.05, 0) is 47.6 Å². The van der Waals surface area contributed by atoms with Gasteiger partial charge in [0.2, 0.25) is 0 Å². The maximum absolute atomic E-state index is 10.3. The molecule has 3 aromatic rings. The molecule has 0 saturated carbocycles. The van der Waals surface area contributed by atoms with Crippen LogP contribution in [0.1, 0.15) is 28.7 Å². The Kier molecular flexibility index (Phi) is 6.70. The van der Waals surface area contributed by atoms with Gasteiger partial charge in [-0.2, -0.15) is 0 Å². The van der Waals surface area contributed by atoms with Crippen molar-refractivity contribution in [3.63, 3.8) is 0 Å². The number of fused-ring (bicyclic) bond motifs is 1. The molecule has 0 saturated heterocycles. The molecule has 3 aromatic carbocycles. The highest BCUT2D eigenvalue weighted by atomic mass is 79.9. The Hall–Kier alpha value is -2.10. The van der Waals surface area contributed by atoms with Gasteiger partial charge in [-0.15, -0.1) is 17.0 Å². The molecule has 140 valence electrons. The summed E-state index contributed by atoms with van der Waals surface area (Å²) in [6.07, 6.45) is 3.09. The first-order chi connectivity index (χ1) is 12.8. The Labute approximate surface area is 172 Å². The topological polar surface area (TPSA) is 23.5 Å². The Balaban J connectivity index is 0.00000210. The molecule has 0 aromatic heterocycles. The third-order valence-electron chi connectivity index (χ3n) is 5.41. The van der Waals surface area contributed by atoms with E-state index in [9.17, 15) is 5.11 Å². The van der Waals surface area contributed by atoms with Crippen LogP contribution >= 0.6 is 17.0 Å². The van der Waals surface area contributed by atoms with Crippen LogP contribution in [0, 0.1) is 0 Å². The first-order valence-electron chi connectivity index (χ1n) is 9.41. The number of rotatable bonds is 5. The van der Waals surface area contributed by atoms with Crippen molar-refractivity contribution in [2.75, 3.05) is 0 Å². The zero-order chi connectivity index (χ0) is 17.8. The van der Waals surface area contributed by atoms with Gasteiger partial charge < -0.3 is 5.11 Å². The third-order valence-corrected chi connectivity index (χ3v) is 5.41. The highest BCUT2D eigenvalue weighted by Crippen LogP contribution is 2.32. The largest absolute Gasteiger partial charge is 0.508 e. The summed E-state index contributed by atoms with van der Waals surface area (Å²) in [6, 6.07) is 27.8. The van der Waals surface area contributed by atoms with E-state index in [-0.39, 0.29) is 17.0 Å². The fraction of sp³-hybridized carbons (Fsp3) is 0.250. The van der Waals surface area contributed by atoms with Crippen molar-refractivity contribution in [3.8, 4) is 5.75 Å². The Morgan fingerprint density at radius 1 is 0.778 bits per heavy atom. The van der Waals surface area contributed by atoms with Crippen LogP contribution in [0.2, 0.25) is 0 Å². The SMILES string of the molecule is Br.Oc1cccc2c1C[C@H](N(Cc1ccccc1)Cc1ccccc1)CC2. The van der Waals surface area contributed by atoms with Crippen LogP contribution in [0.25, 0.3) is 0 Å². The number of aromatic hydroxyl groups is 1. The van der Waals surface area contributed by atoms with Gasteiger partial charge in [-0.3, -0.25) is 4.90 Å². The van der Waals surface area contributed by atoms with Gasteiger partial charge in [0.05, 0.1) is 0 Å². The van der Waals surface area contributed by atoms with E-state index in [0.717, 1.165) is 37.9 Å². The van der Waals surface area contributed by atoms with E-state index in [1.807, 2.05) is 12.1 Å². The summed E-state index contributed by atoms with van der Waals surface area (Å²) in [4.78, 5) is 2.57. The summed E-state index contributed by atoms with van der Waals surface area (Å²) in [5.74, 6) is 0.451. The van der Waals surface area contributed by atoms with Crippen LogP contribution in [0.15, 0.2) is 78.9 Å². The summed E-state index contributed by atoms with van der Waals surface area (Å²) in [5.41, 5.74) is 5.12. The number of nitrogens with zero attached hydrogens (tertiary/aromatic N) is 1. The number of aryl methyl sites for hydroxylation is 1. The lowest BCUT2D eigenvalue weighted by Gasteiger charge is -2.35. The second kappa shape index (κ2) is 9.20. The molecule has 0 radical (unpaired) electrons. The summed E-state index contributed by atoms with van der Waals surface area (Å²) < 4.78 is 0. The minimum absolute atomic E-state index is 0. The number of benzene rings is 3. The van der Waals surface area contributed by atoms with Crippen molar-refractivity contribution >= 4 is 17.0 Å². The summed E-state index contributed by atoms with van der Waals surface area (Å²) in [6.45, 7) is 1.87. The fourth-order valence-electron chi connectivity index (χ4n) is 4.01. The van der Waals surface area contributed by atoms with E-state index in [1.165, 1.54) is 16.7 Å². The lowest BCUT2D eigenvalue weighted by molar-refractivity contribution is 0.161. The molecular weight excluding hydrogens is 398 g/mol. The van der Waals surface area contributed by atoms with Crippen molar-refractivity contribution < 1.29 is 5.11 Å². The molecular formula is C24H26BrNO. The molecule has 0 unspecified atom stereocenters. The van der Waals surface area contributed by atoms with Crippen molar-refractivity contribution in [1.82, 2.24) is 4.90 Å². The molecule has 0 fully saturated rings. The van der Waals surface area contributed by atoms with Crippen molar-refractivity contribution in [3.05, 3.63) is 101 Å². The molecule has 2 nitrogen and oxygen atoms in total. The Bertz CT molecular complexity index is 809. The number of hydrogen-bond donors (Lipinski definition) is 1. The normalized spacial score (nSPS) is 15.8. The lowest BCUT2D eigenvalue weighted by atomic mass is 9.86.